The van der Waals surface area contributed by atoms with E-state index in [1.807, 2.05) is 77.9 Å². The van der Waals surface area contributed by atoms with Gasteiger partial charge in [-0.05, 0) is 294 Å². The average Bonchev–Trinajstić information content (AvgIpc) is 1.62. The number of aromatic nitrogens is 8. The van der Waals surface area contributed by atoms with Crippen LogP contribution >= 0.6 is 24.8 Å². The predicted octanol–water partition coefficient (Wildman–Crippen LogP) is 21.2. The molecule has 0 aliphatic carbocycles. The molecular formula is C94H126Cl2N8O16. The number of ether oxygens (including phenoxy) is 4. The number of carbonyl (C=O) groups is 8. The number of fused-ring (bicyclic) bond motifs is 16. The van der Waals surface area contributed by atoms with E-state index in [0.29, 0.717) is 132 Å². The van der Waals surface area contributed by atoms with Crippen molar-refractivity contribution in [3.05, 3.63) is 139 Å². The van der Waals surface area contributed by atoms with Crippen molar-refractivity contribution >= 4 is 161 Å². The molecule has 0 aromatic carbocycles. The number of H-pyrrole nitrogens is 4. The number of rotatable bonds is 36. The van der Waals surface area contributed by atoms with E-state index in [9.17, 15) is 58.8 Å². The molecular weight excluding hydrogens is 1570 g/mol. The predicted molar refractivity (Wildman–Crippen MR) is 481 cm³/mol. The Hall–Kier alpha value is -10.5. The maximum Gasteiger partial charge on any atom is 0.306 e. The monoisotopic (exact) mass is 1690 g/mol. The van der Waals surface area contributed by atoms with E-state index in [1.54, 1.807) is 6.07 Å². The second kappa shape index (κ2) is 45.8. The molecule has 24 nitrogen and oxygen atoms in total. The summed E-state index contributed by atoms with van der Waals surface area (Å²) in [7, 11) is 0. The van der Waals surface area contributed by atoms with Crippen LogP contribution in [-0.2, 0) is 83.0 Å². The fourth-order valence-corrected chi connectivity index (χ4v) is 14.7. The molecule has 6 aromatic rings. The van der Waals surface area contributed by atoms with Gasteiger partial charge in [0.05, 0.1) is 72.0 Å². The largest absolute Gasteiger partial charge is 0.481 e. The SMILES string of the molecule is C.C.CC1=C(CCC(=O)O)c2cc3nc(cc4[nH]c(cc5[nH]c(cc1n2)c(CCC(=O)O)c5C)c(CCC(=O)O)c4C)C(CCC(=O)O)=C3C.CC1=C(CCC(=O)OCCC(C)C)c2cc3nc(cc4[nH]c(cc5[nH]c(cc1n2)c(CCC(=O)OCCC(C)C)c5C)c(CCC(=O)OCCC(C)C)c4C)C(CCC(=O)OCCC(C)C)=C3C.Cl.Cl. The van der Waals surface area contributed by atoms with E-state index < -0.39 is 23.9 Å². The van der Waals surface area contributed by atoms with Gasteiger partial charge in [-0.2, -0.15) is 0 Å². The number of hydrogen-bond acceptors (Lipinski definition) is 16. The minimum atomic E-state index is -0.944. The quantitative estimate of drug-likeness (QED) is 0.0134. The molecule has 0 saturated carbocycles. The first kappa shape index (κ1) is 100. The van der Waals surface area contributed by atoms with Gasteiger partial charge in [0.15, 0.2) is 0 Å². The Morgan fingerprint density at radius 3 is 0.725 bits per heavy atom. The van der Waals surface area contributed by atoms with E-state index in [1.165, 1.54) is 0 Å². The van der Waals surface area contributed by atoms with Crippen molar-refractivity contribution in [2.45, 2.75) is 254 Å². The molecule has 0 amide bonds. The first-order valence-corrected chi connectivity index (χ1v) is 40.8. The lowest BCUT2D eigenvalue weighted by Gasteiger charge is -2.08. The summed E-state index contributed by atoms with van der Waals surface area (Å²) in [4.78, 5) is 133. The Labute approximate surface area is 717 Å². The number of carbonyl (C=O) groups excluding carboxylic acids is 4. The van der Waals surface area contributed by atoms with Gasteiger partial charge < -0.3 is 59.3 Å². The van der Waals surface area contributed by atoms with Crippen LogP contribution in [0.1, 0.15) is 291 Å². The van der Waals surface area contributed by atoms with Crippen LogP contribution < -0.4 is 0 Å². The molecule has 0 radical (unpaired) electrons. The van der Waals surface area contributed by atoms with Crippen molar-refractivity contribution in [3.8, 4) is 0 Å². The van der Waals surface area contributed by atoms with E-state index in [2.05, 4.69) is 95.2 Å². The van der Waals surface area contributed by atoms with Gasteiger partial charge in [-0.3, -0.25) is 38.4 Å². The van der Waals surface area contributed by atoms with Gasteiger partial charge in [-0.15, -0.1) is 24.8 Å². The molecule has 0 fully saturated rings. The number of aliphatic carboxylic acids is 4. The normalized spacial score (nSPS) is 12.4. The Morgan fingerprint density at radius 2 is 0.475 bits per heavy atom. The van der Waals surface area contributed by atoms with Gasteiger partial charge in [-0.25, -0.2) is 19.9 Å². The summed E-state index contributed by atoms with van der Waals surface area (Å²) in [6, 6.07) is 15.5. The molecule has 4 aliphatic heterocycles. The summed E-state index contributed by atoms with van der Waals surface area (Å²) < 4.78 is 22.5. The van der Waals surface area contributed by atoms with Gasteiger partial charge in [0.1, 0.15) is 0 Å². The van der Waals surface area contributed by atoms with Crippen molar-refractivity contribution in [2.24, 2.45) is 23.7 Å². The molecule has 0 unspecified atom stereocenters. The number of esters is 4. The van der Waals surface area contributed by atoms with Crippen LogP contribution in [0.5, 0.6) is 0 Å². The molecule has 120 heavy (non-hydrogen) atoms. The minimum Gasteiger partial charge on any atom is -0.481 e. The van der Waals surface area contributed by atoms with Crippen molar-refractivity contribution < 1.29 is 77.7 Å². The van der Waals surface area contributed by atoms with Crippen LogP contribution in [0.15, 0.2) is 48.5 Å². The Balaban J connectivity index is 0.000000435. The lowest BCUT2D eigenvalue weighted by molar-refractivity contribution is -0.144. The van der Waals surface area contributed by atoms with Crippen molar-refractivity contribution in [3.63, 3.8) is 0 Å². The molecule has 0 atom stereocenters. The van der Waals surface area contributed by atoms with Gasteiger partial charge in [0.2, 0.25) is 0 Å². The third-order valence-electron chi connectivity index (χ3n) is 22.1. The number of aromatic amines is 4. The molecule has 4 aliphatic rings. The van der Waals surface area contributed by atoms with Gasteiger partial charge in [-0.1, -0.05) is 70.2 Å². The van der Waals surface area contributed by atoms with Crippen LogP contribution in [0, 0.1) is 51.4 Å². The third-order valence-corrected chi connectivity index (χ3v) is 22.1. The highest BCUT2D eigenvalue weighted by Crippen LogP contribution is 2.42. The first-order chi connectivity index (χ1) is 55.0. The second-order valence-corrected chi connectivity index (χ2v) is 32.5. The molecule has 0 spiro atoms. The fraction of sp³-hybridized carbons (Fsp3) is 0.489. The van der Waals surface area contributed by atoms with Crippen LogP contribution in [0.2, 0.25) is 0 Å². The van der Waals surface area contributed by atoms with Crippen LogP contribution in [0.4, 0.5) is 0 Å². The lowest BCUT2D eigenvalue weighted by Crippen LogP contribution is -2.08. The standard InChI is InChI=1S/C56H78N4O8.C36H38N4O8.2CH4.2ClH/c1-33(2)21-25-65-53(61)17-13-41-37(9)45-30-50-43(15-19-55(63)67-27-23-35(5)6)39(11)47(59-50)32-52-44(16-20-56(64)68-28-24-36(7)8)40(12)48(60-52)31-51-42(14-18-54(62)66-26-22-34(3)4)38(10)46(58-51)29-49(41)57-45;1-17-21(5-9-33(41)42)29-14-26-19(3)23(7-11-35(45)46)31(39-26)16-28-20(4)24(8-12-36(47)48)32(40-28)15-27-18(2)22(6-10-34(43)44)30(38-27)13-25(17)37-29;;;;/h29-36,57-58H,13-28H2,1-12H3;13-16,37-38H,5-12H2,1-4H3,(H,41,42)(H,43,44)(H,45,46)(H,47,48);2*1H4;2*1H. The van der Waals surface area contributed by atoms with Crippen molar-refractivity contribution in [1.82, 2.24) is 39.9 Å². The molecule has 26 heteroatoms. The summed E-state index contributed by atoms with van der Waals surface area (Å²) >= 11 is 0. The smallest absolute Gasteiger partial charge is 0.306 e. The van der Waals surface area contributed by atoms with Crippen LogP contribution in [0.25, 0.3) is 88.7 Å². The number of allylic oxidation sites excluding steroid dienone is 8. The number of halogens is 2. The number of nitrogens with one attached hydrogen (secondary N) is 4. The molecule has 10 rings (SSSR count). The number of nitrogens with zero attached hydrogens (tertiary/aromatic N) is 4. The summed E-state index contributed by atoms with van der Waals surface area (Å²) in [5, 5.41) is 38.0. The molecule has 6 aromatic heterocycles. The van der Waals surface area contributed by atoms with E-state index >= 15 is 0 Å². The highest BCUT2D eigenvalue weighted by atomic mass is 35.5. The maximum atomic E-state index is 13.1. The van der Waals surface area contributed by atoms with Gasteiger partial charge in [0.25, 0.3) is 0 Å². The van der Waals surface area contributed by atoms with E-state index in [0.717, 1.165) is 148 Å². The van der Waals surface area contributed by atoms with Crippen LogP contribution in [-0.4, -0.2) is 134 Å². The topological polar surface area (TPSA) is 369 Å². The van der Waals surface area contributed by atoms with Crippen LogP contribution in [0.3, 0.4) is 0 Å². The first-order valence-electron chi connectivity index (χ1n) is 40.8. The Kier molecular flexibility index (Phi) is 38.2. The molecule has 652 valence electrons. The molecule has 8 N–H and O–H groups in total. The summed E-state index contributed by atoms with van der Waals surface area (Å²) in [6.45, 7) is 34.1. The Bertz CT molecular complexity index is 5270. The second-order valence-electron chi connectivity index (χ2n) is 32.5. The minimum absolute atomic E-state index is 0. The average molecular weight is 1690 g/mol. The highest BCUT2D eigenvalue weighted by molar-refractivity contribution is 5.99. The summed E-state index contributed by atoms with van der Waals surface area (Å²) in [5.41, 5.74) is 25.3. The number of aryl methyl sites for hydroxylation is 8. The zero-order valence-electron chi connectivity index (χ0n) is 71.2. The number of carboxylic acids is 4. The Morgan fingerprint density at radius 1 is 0.283 bits per heavy atom. The lowest BCUT2D eigenvalue weighted by atomic mass is 9.98. The molecule has 10 heterocycles. The zero-order valence-corrected chi connectivity index (χ0v) is 72.8. The molecule has 16 bridgehead atoms. The zero-order chi connectivity index (χ0) is 84.5. The number of carboxylic acid groups (broad SMARTS) is 4. The van der Waals surface area contributed by atoms with Crippen molar-refractivity contribution in [1.29, 1.82) is 0 Å². The third kappa shape index (κ3) is 26.8. The van der Waals surface area contributed by atoms with E-state index in [-0.39, 0.29) is 141 Å². The van der Waals surface area contributed by atoms with Crippen molar-refractivity contribution in [2.75, 3.05) is 26.4 Å². The summed E-state index contributed by atoms with van der Waals surface area (Å²) in [6.07, 6.45) is 6.35. The summed E-state index contributed by atoms with van der Waals surface area (Å²) in [5.74, 6) is -3.05. The van der Waals surface area contributed by atoms with E-state index in [4.69, 9.17) is 38.9 Å². The molecule has 0 saturated heterocycles. The fourth-order valence-electron chi connectivity index (χ4n) is 14.7. The van der Waals surface area contributed by atoms with Gasteiger partial charge >= 0.3 is 47.8 Å². The highest BCUT2D eigenvalue weighted by Gasteiger charge is 2.28. The number of hydrogen-bond donors (Lipinski definition) is 8. The van der Waals surface area contributed by atoms with Gasteiger partial charge in [0, 0.05) is 95.5 Å². The maximum absolute atomic E-state index is 13.1.